The Morgan fingerprint density at radius 3 is 2.83 bits per heavy atom. The molecular formula is C16H23Cl2N5O. The fraction of sp³-hybridized carbons (Fsp3) is 0.562. The number of pyridine rings is 1. The largest absolute Gasteiger partial charge is 0.338 e. The maximum absolute atomic E-state index is 5.48. The van der Waals surface area contributed by atoms with E-state index in [1.54, 1.807) is 0 Å². The number of nitrogens with zero attached hydrogens (tertiary/aromatic N) is 4. The highest BCUT2D eigenvalue weighted by atomic mass is 35.5. The summed E-state index contributed by atoms with van der Waals surface area (Å²) >= 11 is 0. The van der Waals surface area contributed by atoms with E-state index in [4.69, 9.17) is 4.52 Å². The molecule has 0 aromatic carbocycles. The molecule has 1 fully saturated rings. The average Bonchev–Trinajstić information content (AvgIpc) is 3.20. The molecule has 2 aromatic rings. The van der Waals surface area contributed by atoms with Gasteiger partial charge >= 0.3 is 0 Å². The lowest BCUT2D eigenvalue weighted by Gasteiger charge is -2.19. The monoisotopic (exact) mass is 371 g/mol. The standard InChI is InChI=1S/C16H21N5O.2ClH/c1-11-15(13-4-5-17-8-12(13)9-18-11)16-19-14(22-20-16)10-21-6-2-3-7-21;;/h9,17H,2-8,10H2,1H3;2*1H. The van der Waals surface area contributed by atoms with Crippen LogP contribution in [0.5, 0.6) is 0 Å². The molecule has 0 bridgehead atoms. The second kappa shape index (κ2) is 8.25. The zero-order valence-electron chi connectivity index (χ0n) is 13.7. The predicted octanol–water partition coefficient (Wildman–Crippen LogP) is 2.53. The van der Waals surface area contributed by atoms with Crippen LogP contribution in [0.25, 0.3) is 11.4 Å². The Morgan fingerprint density at radius 1 is 1.25 bits per heavy atom. The number of nitrogens with one attached hydrogen (secondary N) is 1. The first-order valence-corrected chi connectivity index (χ1v) is 8.04. The maximum atomic E-state index is 5.48. The summed E-state index contributed by atoms with van der Waals surface area (Å²) in [5, 5.41) is 7.61. The molecule has 0 aliphatic carbocycles. The summed E-state index contributed by atoms with van der Waals surface area (Å²) in [6.45, 7) is 6.90. The van der Waals surface area contributed by atoms with Gasteiger partial charge in [0.15, 0.2) is 0 Å². The van der Waals surface area contributed by atoms with E-state index in [-0.39, 0.29) is 24.8 Å². The van der Waals surface area contributed by atoms with Crippen molar-refractivity contribution in [2.24, 2.45) is 0 Å². The molecule has 0 amide bonds. The van der Waals surface area contributed by atoms with Crippen LogP contribution in [0, 0.1) is 6.92 Å². The number of halogens is 2. The topological polar surface area (TPSA) is 67.1 Å². The third-order valence-corrected chi connectivity index (χ3v) is 4.58. The van der Waals surface area contributed by atoms with Gasteiger partial charge in [0.05, 0.1) is 6.54 Å². The lowest BCUT2D eigenvalue weighted by molar-refractivity contribution is 0.268. The molecule has 24 heavy (non-hydrogen) atoms. The number of fused-ring (bicyclic) bond motifs is 1. The molecule has 8 heteroatoms. The van der Waals surface area contributed by atoms with Gasteiger partial charge in [-0.05, 0) is 56.9 Å². The molecule has 2 aromatic heterocycles. The van der Waals surface area contributed by atoms with Crippen molar-refractivity contribution >= 4 is 24.8 Å². The number of aromatic nitrogens is 3. The normalized spacial score (nSPS) is 17.0. The zero-order chi connectivity index (χ0) is 14.9. The summed E-state index contributed by atoms with van der Waals surface area (Å²) in [5.41, 5.74) is 4.61. The van der Waals surface area contributed by atoms with Crippen LogP contribution < -0.4 is 5.32 Å². The van der Waals surface area contributed by atoms with Crippen LogP contribution in [0.15, 0.2) is 10.7 Å². The lowest BCUT2D eigenvalue weighted by Crippen LogP contribution is -2.24. The fourth-order valence-electron chi connectivity index (χ4n) is 3.42. The van der Waals surface area contributed by atoms with E-state index in [0.29, 0.717) is 11.7 Å². The van der Waals surface area contributed by atoms with Gasteiger partial charge in [-0.1, -0.05) is 5.16 Å². The zero-order valence-corrected chi connectivity index (χ0v) is 15.4. The number of hydrogen-bond donors (Lipinski definition) is 1. The van der Waals surface area contributed by atoms with Gasteiger partial charge in [-0.2, -0.15) is 4.98 Å². The molecule has 132 valence electrons. The smallest absolute Gasteiger partial charge is 0.241 e. The van der Waals surface area contributed by atoms with Crippen LogP contribution in [0.2, 0.25) is 0 Å². The highest BCUT2D eigenvalue weighted by Crippen LogP contribution is 2.28. The van der Waals surface area contributed by atoms with Gasteiger partial charge in [0.25, 0.3) is 0 Å². The summed E-state index contributed by atoms with van der Waals surface area (Å²) in [5.74, 6) is 1.40. The van der Waals surface area contributed by atoms with E-state index >= 15 is 0 Å². The van der Waals surface area contributed by atoms with Crippen LogP contribution >= 0.6 is 24.8 Å². The first kappa shape index (κ1) is 19.1. The number of aryl methyl sites for hydroxylation is 1. The Kier molecular flexibility index (Phi) is 6.57. The summed E-state index contributed by atoms with van der Waals surface area (Å²) < 4.78 is 5.48. The van der Waals surface area contributed by atoms with Crippen molar-refractivity contribution < 1.29 is 4.52 Å². The minimum atomic E-state index is 0. The first-order valence-electron chi connectivity index (χ1n) is 8.04. The van der Waals surface area contributed by atoms with Crippen molar-refractivity contribution in [3.63, 3.8) is 0 Å². The Labute approximate surface area is 154 Å². The van der Waals surface area contributed by atoms with Crippen molar-refractivity contribution in [2.45, 2.75) is 39.3 Å². The van der Waals surface area contributed by atoms with Gasteiger partial charge in [0.2, 0.25) is 11.7 Å². The average molecular weight is 372 g/mol. The summed E-state index contributed by atoms with van der Waals surface area (Å²) in [6.07, 6.45) is 5.49. The van der Waals surface area contributed by atoms with E-state index in [9.17, 15) is 0 Å². The van der Waals surface area contributed by atoms with Gasteiger partial charge in [0.1, 0.15) is 0 Å². The van der Waals surface area contributed by atoms with Crippen molar-refractivity contribution in [3.05, 3.63) is 28.9 Å². The second-order valence-electron chi connectivity index (χ2n) is 6.14. The predicted molar refractivity (Wildman–Crippen MR) is 96.7 cm³/mol. The lowest BCUT2D eigenvalue weighted by atomic mass is 9.95. The highest BCUT2D eigenvalue weighted by Gasteiger charge is 2.22. The van der Waals surface area contributed by atoms with Gasteiger partial charge in [0, 0.05) is 24.0 Å². The van der Waals surface area contributed by atoms with Crippen molar-refractivity contribution in [1.29, 1.82) is 0 Å². The van der Waals surface area contributed by atoms with Crippen molar-refractivity contribution in [3.8, 4) is 11.4 Å². The summed E-state index contributed by atoms with van der Waals surface area (Å²) in [7, 11) is 0. The third kappa shape index (κ3) is 3.72. The minimum Gasteiger partial charge on any atom is -0.338 e. The number of rotatable bonds is 3. The van der Waals surface area contributed by atoms with E-state index in [0.717, 1.165) is 50.4 Å². The Bertz CT molecular complexity index is 685. The van der Waals surface area contributed by atoms with Crippen molar-refractivity contribution in [2.75, 3.05) is 19.6 Å². The van der Waals surface area contributed by atoms with Crippen molar-refractivity contribution in [1.82, 2.24) is 25.3 Å². The number of hydrogen-bond acceptors (Lipinski definition) is 6. The van der Waals surface area contributed by atoms with Gasteiger partial charge < -0.3 is 9.84 Å². The van der Waals surface area contributed by atoms with Crippen LogP contribution in [0.1, 0.15) is 35.6 Å². The van der Waals surface area contributed by atoms with Gasteiger partial charge in [-0.3, -0.25) is 9.88 Å². The van der Waals surface area contributed by atoms with Gasteiger partial charge in [-0.25, -0.2) is 0 Å². The molecule has 2 aliphatic rings. The summed E-state index contributed by atoms with van der Waals surface area (Å²) in [6, 6.07) is 0. The molecule has 4 heterocycles. The number of likely N-dealkylation sites (tertiary alicyclic amines) is 1. The molecular weight excluding hydrogens is 349 g/mol. The van der Waals surface area contributed by atoms with E-state index in [1.807, 2.05) is 13.1 Å². The van der Waals surface area contributed by atoms with E-state index in [1.165, 1.54) is 24.0 Å². The molecule has 0 atom stereocenters. The van der Waals surface area contributed by atoms with E-state index in [2.05, 4.69) is 25.3 Å². The highest BCUT2D eigenvalue weighted by molar-refractivity contribution is 5.85. The molecule has 1 saturated heterocycles. The van der Waals surface area contributed by atoms with Gasteiger partial charge in [-0.15, -0.1) is 24.8 Å². The second-order valence-corrected chi connectivity index (χ2v) is 6.14. The molecule has 6 nitrogen and oxygen atoms in total. The Morgan fingerprint density at radius 2 is 2.04 bits per heavy atom. The molecule has 0 radical (unpaired) electrons. The maximum Gasteiger partial charge on any atom is 0.241 e. The molecule has 2 aliphatic heterocycles. The molecule has 0 unspecified atom stereocenters. The SMILES string of the molecule is Cc1ncc2c(c1-c1noc(CN3CCCC3)n1)CCNC2.Cl.Cl. The quantitative estimate of drug-likeness (QED) is 0.893. The van der Waals surface area contributed by atoms with Crippen LogP contribution in [-0.2, 0) is 19.5 Å². The molecule has 0 spiro atoms. The molecule has 0 saturated carbocycles. The third-order valence-electron chi connectivity index (χ3n) is 4.58. The Balaban J connectivity index is 0.00000104. The fourth-order valence-corrected chi connectivity index (χ4v) is 3.42. The van der Waals surface area contributed by atoms with E-state index < -0.39 is 0 Å². The summed E-state index contributed by atoms with van der Waals surface area (Å²) in [4.78, 5) is 11.5. The molecule has 1 N–H and O–H groups in total. The molecule has 4 rings (SSSR count). The first-order chi connectivity index (χ1) is 10.8. The Hall–Kier alpha value is -1.21. The minimum absolute atomic E-state index is 0. The van der Waals surface area contributed by atoms with Crippen LogP contribution in [0.4, 0.5) is 0 Å². The van der Waals surface area contributed by atoms with Crippen LogP contribution in [0.3, 0.4) is 0 Å². The van der Waals surface area contributed by atoms with Crippen LogP contribution in [-0.4, -0.2) is 39.7 Å².